The summed E-state index contributed by atoms with van der Waals surface area (Å²) in [6, 6.07) is 8.33. The minimum Gasteiger partial charge on any atom is -0.311 e. The highest BCUT2D eigenvalue weighted by Gasteiger charge is 2.06. The summed E-state index contributed by atoms with van der Waals surface area (Å²) >= 11 is 9.34. The van der Waals surface area contributed by atoms with Gasteiger partial charge in [0.15, 0.2) is 0 Å². The summed E-state index contributed by atoms with van der Waals surface area (Å²) in [6.07, 6.45) is 0. The predicted octanol–water partition coefficient (Wildman–Crippen LogP) is 4.36. The van der Waals surface area contributed by atoms with Gasteiger partial charge < -0.3 is 5.32 Å². The smallest absolute Gasteiger partial charge is 0.0931 e. The number of halogens is 1. The zero-order chi connectivity index (χ0) is 11.4. The maximum atomic E-state index is 5.88. The molecule has 0 amide bonds. The summed E-state index contributed by atoms with van der Waals surface area (Å²) in [4.78, 5) is 2.74. The molecular formula is C12H14ClNS2. The molecule has 2 aromatic rings. The maximum Gasteiger partial charge on any atom is 0.0931 e. The quantitative estimate of drug-likeness (QED) is 0.852. The summed E-state index contributed by atoms with van der Waals surface area (Å²) in [5.41, 5.74) is 0. The Morgan fingerprint density at radius 2 is 2.25 bits per heavy atom. The predicted molar refractivity (Wildman–Crippen MR) is 73.8 cm³/mol. The van der Waals surface area contributed by atoms with Crippen LogP contribution in [0.1, 0.15) is 22.6 Å². The van der Waals surface area contributed by atoms with Crippen LogP contribution in [-0.4, -0.2) is 6.54 Å². The number of nitrogens with one attached hydrogen (secondary N) is 1. The van der Waals surface area contributed by atoms with Crippen LogP contribution in [0.25, 0.3) is 0 Å². The summed E-state index contributed by atoms with van der Waals surface area (Å²) in [5.74, 6) is 0.579. The first-order chi connectivity index (χ1) is 7.75. The van der Waals surface area contributed by atoms with Gasteiger partial charge in [0.25, 0.3) is 0 Å². The Morgan fingerprint density at radius 3 is 2.88 bits per heavy atom. The van der Waals surface area contributed by atoms with E-state index in [0.29, 0.717) is 5.92 Å². The molecule has 1 N–H and O–H groups in total. The van der Waals surface area contributed by atoms with E-state index in [-0.39, 0.29) is 0 Å². The minimum atomic E-state index is 0.579. The van der Waals surface area contributed by atoms with Gasteiger partial charge in [0.1, 0.15) is 0 Å². The fourth-order valence-corrected chi connectivity index (χ4v) is 3.38. The topological polar surface area (TPSA) is 12.0 Å². The third-order valence-corrected chi connectivity index (χ3v) is 4.74. The first-order valence-corrected chi connectivity index (χ1v) is 7.31. The first-order valence-electron chi connectivity index (χ1n) is 5.24. The second-order valence-corrected chi connectivity index (χ2v) is 6.53. The zero-order valence-corrected chi connectivity index (χ0v) is 11.5. The van der Waals surface area contributed by atoms with Crippen LogP contribution in [0, 0.1) is 0 Å². The van der Waals surface area contributed by atoms with Crippen molar-refractivity contribution in [2.75, 3.05) is 6.54 Å². The molecule has 2 rings (SSSR count). The highest BCUT2D eigenvalue weighted by Crippen LogP contribution is 2.22. The molecule has 0 spiro atoms. The van der Waals surface area contributed by atoms with E-state index in [1.807, 2.05) is 17.4 Å². The van der Waals surface area contributed by atoms with Crippen molar-refractivity contribution in [2.24, 2.45) is 0 Å². The van der Waals surface area contributed by atoms with E-state index in [1.165, 1.54) is 9.75 Å². The van der Waals surface area contributed by atoms with Crippen molar-refractivity contribution in [1.82, 2.24) is 5.32 Å². The lowest BCUT2D eigenvalue weighted by atomic mass is 10.1. The third-order valence-electron chi connectivity index (χ3n) is 2.41. The first kappa shape index (κ1) is 12.1. The fourth-order valence-electron chi connectivity index (χ4n) is 1.53. The van der Waals surface area contributed by atoms with Crippen LogP contribution in [0.3, 0.4) is 0 Å². The Balaban J connectivity index is 1.76. The molecule has 1 unspecified atom stereocenters. The van der Waals surface area contributed by atoms with Gasteiger partial charge in [0.2, 0.25) is 0 Å². The average molecular weight is 272 g/mol. The van der Waals surface area contributed by atoms with Gasteiger partial charge in [-0.15, -0.1) is 22.7 Å². The van der Waals surface area contributed by atoms with Crippen molar-refractivity contribution in [3.05, 3.63) is 43.7 Å². The van der Waals surface area contributed by atoms with Gasteiger partial charge in [-0.1, -0.05) is 24.6 Å². The minimum absolute atomic E-state index is 0.579. The summed E-state index contributed by atoms with van der Waals surface area (Å²) in [6.45, 7) is 4.17. The zero-order valence-electron chi connectivity index (χ0n) is 9.07. The number of hydrogen-bond donors (Lipinski definition) is 1. The number of hydrogen-bond acceptors (Lipinski definition) is 3. The second kappa shape index (κ2) is 5.82. The van der Waals surface area contributed by atoms with Gasteiger partial charge in [0, 0.05) is 28.8 Å². The van der Waals surface area contributed by atoms with Crippen LogP contribution in [0.15, 0.2) is 29.6 Å². The molecule has 16 heavy (non-hydrogen) atoms. The van der Waals surface area contributed by atoms with Crippen LogP contribution < -0.4 is 5.32 Å². The van der Waals surface area contributed by atoms with E-state index >= 15 is 0 Å². The third kappa shape index (κ3) is 3.32. The van der Waals surface area contributed by atoms with Gasteiger partial charge in [-0.05, 0) is 23.6 Å². The van der Waals surface area contributed by atoms with E-state index in [9.17, 15) is 0 Å². The standard InChI is InChI=1S/C12H14ClNS2/c1-9(11-3-2-6-15-11)7-14-8-10-4-5-12(13)16-10/h2-6,9,14H,7-8H2,1H3. The van der Waals surface area contributed by atoms with E-state index in [4.69, 9.17) is 11.6 Å². The average Bonchev–Trinajstić information content (AvgIpc) is 2.89. The molecule has 2 aromatic heterocycles. The Morgan fingerprint density at radius 1 is 1.38 bits per heavy atom. The number of rotatable bonds is 5. The Bertz CT molecular complexity index is 422. The van der Waals surface area contributed by atoms with Gasteiger partial charge in [-0.25, -0.2) is 0 Å². The lowest BCUT2D eigenvalue weighted by Gasteiger charge is -2.09. The molecule has 0 aliphatic heterocycles. The molecule has 2 heterocycles. The van der Waals surface area contributed by atoms with Crippen molar-refractivity contribution >= 4 is 34.3 Å². The molecule has 1 nitrogen and oxygen atoms in total. The van der Waals surface area contributed by atoms with Gasteiger partial charge in [-0.2, -0.15) is 0 Å². The monoisotopic (exact) mass is 271 g/mol. The van der Waals surface area contributed by atoms with Gasteiger partial charge in [0.05, 0.1) is 4.34 Å². The highest BCUT2D eigenvalue weighted by molar-refractivity contribution is 7.16. The molecule has 0 saturated heterocycles. The van der Waals surface area contributed by atoms with E-state index in [1.54, 1.807) is 11.3 Å². The molecule has 86 valence electrons. The summed E-state index contributed by atoms with van der Waals surface area (Å²) in [5, 5.41) is 5.59. The van der Waals surface area contributed by atoms with Crippen LogP contribution in [0.2, 0.25) is 4.34 Å². The van der Waals surface area contributed by atoms with Crippen molar-refractivity contribution in [3.8, 4) is 0 Å². The molecule has 0 saturated carbocycles. The van der Waals surface area contributed by atoms with Gasteiger partial charge >= 0.3 is 0 Å². The van der Waals surface area contributed by atoms with Crippen molar-refractivity contribution < 1.29 is 0 Å². The highest BCUT2D eigenvalue weighted by atomic mass is 35.5. The Hall–Kier alpha value is -0.350. The molecule has 0 aromatic carbocycles. The Labute approximate surface area is 109 Å². The Kier molecular flexibility index (Phi) is 4.41. The molecule has 1 atom stereocenters. The molecule has 4 heteroatoms. The van der Waals surface area contributed by atoms with Gasteiger partial charge in [-0.3, -0.25) is 0 Å². The summed E-state index contributed by atoms with van der Waals surface area (Å²) < 4.78 is 0.864. The van der Waals surface area contributed by atoms with Crippen LogP contribution >= 0.6 is 34.3 Å². The molecule has 0 radical (unpaired) electrons. The lowest BCUT2D eigenvalue weighted by Crippen LogP contribution is -2.18. The molecule has 0 bridgehead atoms. The molecular weight excluding hydrogens is 258 g/mol. The lowest BCUT2D eigenvalue weighted by molar-refractivity contribution is 0.625. The fraction of sp³-hybridized carbons (Fsp3) is 0.333. The maximum absolute atomic E-state index is 5.88. The van der Waals surface area contributed by atoms with E-state index in [2.05, 4.69) is 35.8 Å². The van der Waals surface area contributed by atoms with E-state index < -0.39 is 0 Å². The van der Waals surface area contributed by atoms with Crippen LogP contribution in [0.5, 0.6) is 0 Å². The van der Waals surface area contributed by atoms with Crippen molar-refractivity contribution in [1.29, 1.82) is 0 Å². The number of thiophene rings is 2. The van der Waals surface area contributed by atoms with Crippen LogP contribution in [0.4, 0.5) is 0 Å². The van der Waals surface area contributed by atoms with Crippen LogP contribution in [-0.2, 0) is 6.54 Å². The van der Waals surface area contributed by atoms with Crippen molar-refractivity contribution in [3.63, 3.8) is 0 Å². The normalized spacial score (nSPS) is 12.9. The van der Waals surface area contributed by atoms with E-state index in [0.717, 1.165) is 17.4 Å². The SMILES string of the molecule is CC(CNCc1ccc(Cl)s1)c1cccs1. The molecule has 0 aliphatic carbocycles. The molecule has 0 aliphatic rings. The largest absolute Gasteiger partial charge is 0.311 e. The summed E-state index contributed by atoms with van der Waals surface area (Å²) in [7, 11) is 0. The second-order valence-electron chi connectivity index (χ2n) is 3.75. The van der Waals surface area contributed by atoms with Crippen molar-refractivity contribution in [2.45, 2.75) is 19.4 Å². The molecule has 0 fully saturated rings.